The Labute approximate surface area is 112 Å². The van der Waals surface area contributed by atoms with Crippen LogP contribution < -0.4 is 10.1 Å². The lowest BCUT2D eigenvalue weighted by Crippen LogP contribution is -2.17. The standard InChI is InChI=1S/C14H17N3O2/c1-2-9-18-13-5-3-12(4-6-13)10-15-8-7-14-16-11-19-17-14/h2-6,11,15H,1,7-10H2. The highest BCUT2D eigenvalue weighted by Gasteiger charge is 1.98. The van der Waals surface area contributed by atoms with Crippen LogP contribution in [0.15, 0.2) is 47.8 Å². The summed E-state index contributed by atoms with van der Waals surface area (Å²) in [7, 11) is 0. The average molecular weight is 259 g/mol. The first-order valence-corrected chi connectivity index (χ1v) is 6.17. The van der Waals surface area contributed by atoms with Crippen molar-refractivity contribution in [3.8, 4) is 5.75 Å². The van der Waals surface area contributed by atoms with Gasteiger partial charge in [0, 0.05) is 19.5 Å². The molecule has 0 unspecified atom stereocenters. The zero-order chi connectivity index (χ0) is 13.3. The molecule has 1 heterocycles. The van der Waals surface area contributed by atoms with E-state index in [0.29, 0.717) is 6.61 Å². The van der Waals surface area contributed by atoms with E-state index >= 15 is 0 Å². The highest BCUT2D eigenvalue weighted by Crippen LogP contribution is 2.11. The average Bonchev–Trinajstić information content (AvgIpc) is 2.96. The molecule has 0 atom stereocenters. The third-order valence-corrected chi connectivity index (χ3v) is 2.55. The number of hydrogen-bond acceptors (Lipinski definition) is 5. The molecule has 0 bridgehead atoms. The molecule has 0 radical (unpaired) electrons. The van der Waals surface area contributed by atoms with Crippen LogP contribution in [-0.2, 0) is 13.0 Å². The minimum atomic E-state index is 0.530. The molecule has 0 aliphatic carbocycles. The number of aromatic nitrogens is 2. The molecule has 2 rings (SSSR count). The fourth-order valence-electron chi connectivity index (χ4n) is 1.59. The summed E-state index contributed by atoms with van der Waals surface area (Å²) in [4.78, 5) is 3.96. The van der Waals surface area contributed by atoms with Crippen LogP contribution in [0, 0.1) is 0 Å². The largest absolute Gasteiger partial charge is 0.490 e. The van der Waals surface area contributed by atoms with Gasteiger partial charge in [-0.1, -0.05) is 29.9 Å². The molecule has 0 spiro atoms. The van der Waals surface area contributed by atoms with Crippen molar-refractivity contribution in [2.75, 3.05) is 13.2 Å². The molecular weight excluding hydrogens is 242 g/mol. The maximum Gasteiger partial charge on any atom is 0.213 e. The van der Waals surface area contributed by atoms with Gasteiger partial charge in [-0.2, -0.15) is 4.98 Å². The molecule has 1 aromatic heterocycles. The van der Waals surface area contributed by atoms with Gasteiger partial charge in [0.15, 0.2) is 5.82 Å². The first kappa shape index (κ1) is 13.3. The lowest BCUT2D eigenvalue weighted by Gasteiger charge is -2.06. The number of ether oxygens (including phenoxy) is 1. The van der Waals surface area contributed by atoms with Crippen molar-refractivity contribution in [3.63, 3.8) is 0 Å². The fourth-order valence-corrected chi connectivity index (χ4v) is 1.59. The van der Waals surface area contributed by atoms with E-state index in [-0.39, 0.29) is 0 Å². The van der Waals surface area contributed by atoms with Crippen LogP contribution in [0.1, 0.15) is 11.4 Å². The molecule has 0 saturated heterocycles. The van der Waals surface area contributed by atoms with Gasteiger partial charge in [-0.05, 0) is 17.7 Å². The smallest absolute Gasteiger partial charge is 0.213 e. The third-order valence-electron chi connectivity index (χ3n) is 2.55. The van der Waals surface area contributed by atoms with Crippen molar-refractivity contribution in [1.29, 1.82) is 0 Å². The first-order valence-electron chi connectivity index (χ1n) is 6.17. The van der Waals surface area contributed by atoms with Crippen molar-refractivity contribution in [2.45, 2.75) is 13.0 Å². The molecule has 2 aromatic rings. The number of nitrogens with one attached hydrogen (secondary N) is 1. The molecule has 5 heteroatoms. The Hall–Kier alpha value is -2.14. The summed E-state index contributed by atoms with van der Waals surface area (Å²) >= 11 is 0. The second kappa shape index (κ2) is 7.33. The predicted molar refractivity (Wildman–Crippen MR) is 71.8 cm³/mol. The van der Waals surface area contributed by atoms with Crippen molar-refractivity contribution >= 4 is 0 Å². The Morgan fingerprint density at radius 3 is 2.84 bits per heavy atom. The minimum Gasteiger partial charge on any atom is -0.490 e. The van der Waals surface area contributed by atoms with Gasteiger partial charge in [-0.3, -0.25) is 0 Å². The summed E-state index contributed by atoms with van der Waals surface area (Å²) in [5.41, 5.74) is 1.21. The Bertz CT molecular complexity index is 480. The zero-order valence-corrected chi connectivity index (χ0v) is 10.7. The Balaban J connectivity index is 1.69. The molecule has 0 aliphatic rings. The normalized spacial score (nSPS) is 10.3. The highest BCUT2D eigenvalue weighted by molar-refractivity contribution is 5.27. The van der Waals surface area contributed by atoms with E-state index in [0.717, 1.165) is 31.1 Å². The van der Waals surface area contributed by atoms with Gasteiger partial charge in [-0.15, -0.1) is 0 Å². The monoisotopic (exact) mass is 259 g/mol. The van der Waals surface area contributed by atoms with E-state index in [1.165, 1.54) is 12.0 Å². The first-order chi connectivity index (χ1) is 9.38. The van der Waals surface area contributed by atoms with E-state index < -0.39 is 0 Å². The second-order valence-electron chi connectivity index (χ2n) is 4.02. The van der Waals surface area contributed by atoms with Gasteiger partial charge in [0.2, 0.25) is 6.39 Å². The molecule has 1 aromatic carbocycles. The summed E-state index contributed by atoms with van der Waals surface area (Å²) in [6, 6.07) is 8.00. The molecule has 1 N–H and O–H groups in total. The van der Waals surface area contributed by atoms with Gasteiger partial charge in [0.1, 0.15) is 12.4 Å². The van der Waals surface area contributed by atoms with Gasteiger partial charge in [-0.25, -0.2) is 0 Å². The summed E-state index contributed by atoms with van der Waals surface area (Å²) in [6.07, 6.45) is 3.84. The molecule has 0 saturated carbocycles. The van der Waals surface area contributed by atoms with E-state index in [1.807, 2.05) is 24.3 Å². The van der Waals surface area contributed by atoms with Crippen LogP contribution in [-0.4, -0.2) is 23.3 Å². The van der Waals surface area contributed by atoms with Crippen molar-refractivity contribution in [1.82, 2.24) is 15.5 Å². The summed E-state index contributed by atoms with van der Waals surface area (Å²) in [5.74, 6) is 1.58. The van der Waals surface area contributed by atoms with E-state index in [1.54, 1.807) is 6.08 Å². The van der Waals surface area contributed by atoms with Gasteiger partial charge in [0.05, 0.1) is 0 Å². The van der Waals surface area contributed by atoms with Gasteiger partial charge in [0.25, 0.3) is 0 Å². The molecule has 0 fully saturated rings. The fraction of sp³-hybridized carbons (Fsp3) is 0.286. The van der Waals surface area contributed by atoms with Gasteiger partial charge < -0.3 is 14.6 Å². The molecule has 5 nitrogen and oxygen atoms in total. The number of hydrogen-bond donors (Lipinski definition) is 1. The Kier molecular flexibility index (Phi) is 5.13. The molecule has 19 heavy (non-hydrogen) atoms. The maximum absolute atomic E-state index is 5.42. The Morgan fingerprint density at radius 1 is 1.32 bits per heavy atom. The SMILES string of the molecule is C=CCOc1ccc(CNCCc2ncon2)cc1. The Morgan fingerprint density at radius 2 is 2.16 bits per heavy atom. The van der Waals surface area contributed by atoms with Crippen molar-refractivity contribution in [3.05, 3.63) is 54.7 Å². The minimum absolute atomic E-state index is 0.530. The topological polar surface area (TPSA) is 60.2 Å². The van der Waals surface area contributed by atoms with Crippen LogP contribution in [0.25, 0.3) is 0 Å². The third kappa shape index (κ3) is 4.56. The van der Waals surface area contributed by atoms with Crippen molar-refractivity contribution < 1.29 is 9.26 Å². The number of nitrogens with zero attached hydrogens (tertiary/aromatic N) is 2. The highest BCUT2D eigenvalue weighted by atomic mass is 16.5. The summed E-state index contributed by atoms with van der Waals surface area (Å²) in [5, 5.41) is 7.07. The van der Waals surface area contributed by atoms with E-state index in [2.05, 4.69) is 26.6 Å². The zero-order valence-electron chi connectivity index (χ0n) is 10.7. The van der Waals surface area contributed by atoms with Crippen LogP contribution in [0.2, 0.25) is 0 Å². The number of benzene rings is 1. The van der Waals surface area contributed by atoms with Crippen LogP contribution in [0.3, 0.4) is 0 Å². The molecule has 0 aliphatic heterocycles. The maximum atomic E-state index is 5.42. The van der Waals surface area contributed by atoms with Crippen molar-refractivity contribution in [2.24, 2.45) is 0 Å². The van der Waals surface area contributed by atoms with Crippen LogP contribution in [0.4, 0.5) is 0 Å². The summed E-state index contributed by atoms with van der Waals surface area (Å²) < 4.78 is 10.1. The lowest BCUT2D eigenvalue weighted by molar-refractivity contribution is 0.363. The predicted octanol–water partition coefficient (Wildman–Crippen LogP) is 1.97. The molecule has 0 amide bonds. The number of rotatable bonds is 8. The van der Waals surface area contributed by atoms with Crippen LogP contribution in [0.5, 0.6) is 5.75 Å². The lowest BCUT2D eigenvalue weighted by atomic mass is 10.2. The molecular formula is C14H17N3O2. The van der Waals surface area contributed by atoms with E-state index in [4.69, 9.17) is 4.74 Å². The van der Waals surface area contributed by atoms with Gasteiger partial charge >= 0.3 is 0 Å². The van der Waals surface area contributed by atoms with E-state index in [9.17, 15) is 0 Å². The second-order valence-corrected chi connectivity index (χ2v) is 4.02. The molecule has 100 valence electrons. The summed E-state index contributed by atoms with van der Waals surface area (Å²) in [6.45, 7) is 5.76. The quantitative estimate of drug-likeness (QED) is 0.580. The van der Waals surface area contributed by atoms with Crippen LogP contribution >= 0.6 is 0 Å².